The van der Waals surface area contributed by atoms with Crippen LogP contribution in [0.3, 0.4) is 0 Å². The van der Waals surface area contributed by atoms with Crippen molar-refractivity contribution >= 4 is 11.9 Å². The predicted octanol–water partition coefficient (Wildman–Crippen LogP) is 3.22. The zero-order valence-corrected chi connectivity index (χ0v) is 16.8. The second kappa shape index (κ2) is 8.25. The van der Waals surface area contributed by atoms with E-state index in [9.17, 15) is 18.7 Å². The smallest absolute Gasteiger partial charge is 0.251 e. The molecule has 0 bridgehead atoms. The first-order valence-corrected chi connectivity index (χ1v) is 9.78. The summed E-state index contributed by atoms with van der Waals surface area (Å²) in [5, 5.41) is 15.7. The molecule has 1 saturated carbocycles. The van der Waals surface area contributed by atoms with Crippen molar-refractivity contribution in [2.24, 2.45) is 0 Å². The molecule has 4 rings (SSSR count). The molecule has 2 heterocycles. The highest BCUT2D eigenvalue weighted by Gasteiger charge is 2.48. The lowest BCUT2D eigenvalue weighted by molar-refractivity contribution is 0.0958. The first-order valence-electron chi connectivity index (χ1n) is 9.78. The van der Waals surface area contributed by atoms with Crippen LogP contribution in [0, 0.1) is 5.82 Å². The summed E-state index contributed by atoms with van der Waals surface area (Å²) in [4.78, 5) is 24.5. The molecule has 1 amide bonds. The van der Waals surface area contributed by atoms with Crippen molar-refractivity contribution < 1.29 is 18.7 Å². The van der Waals surface area contributed by atoms with Gasteiger partial charge in [0.05, 0.1) is 5.69 Å². The molecule has 0 aliphatic heterocycles. The molecular formula is C22H21F2N5O2. The number of phenolic OH excluding ortho intramolecular Hbond substituents is 1. The molecule has 3 N–H and O–H groups in total. The molecule has 3 aromatic rings. The minimum Gasteiger partial charge on any atom is -0.507 e. The summed E-state index contributed by atoms with van der Waals surface area (Å²) in [5.41, 5.74) is 0.810. The molecule has 0 unspecified atom stereocenters. The number of anilines is 1. The molecule has 1 aliphatic carbocycles. The summed E-state index contributed by atoms with van der Waals surface area (Å²) < 4.78 is 27.9. The molecule has 160 valence electrons. The summed E-state index contributed by atoms with van der Waals surface area (Å²) in [7, 11) is 1.52. The number of carbonyl (C=O) groups is 1. The van der Waals surface area contributed by atoms with Crippen LogP contribution in [0.25, 0.3) is 11.1 Å². The van der Waals surface area contributed by atoms with Crippen LogP contribution in [0.4, 0.5) is 14.7 Å². The van der Waals surface area contributed by atoms with Crippen LogP contribution >= 0.6 is 0 Å². The lowest BCUT2D eigenvalue weighted by atomic mass is 9.65. The number of aromatic nitrogens is 3. The molecular weight excluding hydrogens is 404 g/mol. The van der Waals surface area contributed by atoms with Gasteiger partial charge in [0.1, 0.15) is 17.7 Å². The molecule has 1 fully saturated rings. The fraction of sp³-hybridized carbons (Fsp3) is 0.273. The minimum atomic E-state index is -0.998. The van der Waals surface area contributed by atoms with E-state index in [0.717, 1.165) is 0 Å². The highest BCUT2D eigenvalue weighted by Crippen LogP contribution is 2.45. The fourth-order valence-electron chi connectivity index (χ4n) is 3.85. The van der Waals surface area contributed by atoms with Gasteiger partial charge in [-0.25, -0.2) is 18.7 Å². The Hall–Kier alpha value is -3.62. The van der Waals surface area contributed by atoms with Crippen molar-refractivity contribution in [2.45, 2.75) is 24.4 Å². The number of rotatable bonds is 6. The molecule has 0 spiro atoms. The summed E-state index contributed by atoms with van der Waals surface area (Å²) in [5.74, 6) is -0.466. The first kappa shape index (κ1) is 20.6. The van der Waals surface area contributed by atoms with E-state index in [1.165, 1.54) is 49.9 Å². The van der Waals surface area contributed by atoms with Crippen LogP contribution in [-0.4, -0.2) is 45.7 Å². The summed E-state index contributed by atoms with van der Waals surface area (Å²) in [6.45, 7) is 0.234. The van der Waals surface area contributed by atoms with Crippen molar-refractivity contribution in [3.8, 4) is 16.9 Å². The van der Waals surface area contributed by atoms with Gasteiger partial charge in [-0.1, -0.05) is 0 Å². The molecule has 7 nitrogen and oxygen atoms in total. The van der Waals surface area contributed by atoms with Gasteiger partial charge in [0, 0.05) is 54.3 Å². The van der Waals surface area contributed by atoms with E-state index in [-0.39, 0.29) is 42.7 Å². The Balaban J connectivity index is 1.52. The lowest BCUT2D eigenvalue weighted by Crippen LogP contribution is -2.49. The number of pyridine rings is 1. The molecule has 0 radical (unpaired) electrons. The van der Waals surface area contributed by atoms with Crippen molar-refractivity contribution in [2.75, 3.05) is 18.9 Å². The Bertz CT molecular complexity index is 1100. The maximum atomic E-state index is 14.3. The van der Waals surface area contributed by atoms with Crippen LogP contribution < -0.4 is 10.6 Å². The van der Waals surface area contributed by atoms with Gasteiger partial charge in [-0.3, -0.25) is 9.78 Å². The zero-order chi connectivity index (χ0) is 22.0. The van der Waals surface area contributed by atoms with Gasteiger partial charge in [0.2, 0.25) is 5.95 Å². The van der Waals surface area contributed by atoms with Gasteiger partial charge in [0.25, 0.3) is 5.91 Å². The van der Waals surface area contributed by atoms with E-state index >= 15 is 0 Å². The van der Waals surface area contributed by atoms with Crippen molar-refractivity contribution in [1.29, 1.82) is 0 Å². The number of aromatic hydroxyl groups is 1. The van der Waals surface area contributed by atoms with E-state index in [4.69, 9.17) is 0 Å². The zero-order valence-electron chi connectivity index (χ0n) is 16.8. The standard InChI is InChI=1S/C22H21F2N5O2/c1-25-20(31)13-4-5-18(30)16(7-13)14-10-27-21(28-11-14)29-12-22(8-15(23)9-22)19-17(24)3-2-6-26-19/h2-7,10-11,15,30H,8-9,12H2,1H3,(H,25,31)(H,27,28,29)/t15-,22-. The molecule has 0 saturated heterocycles. The van der Waals surface area contributed by atoms with Crippen molar-refractivity contribution in [3.63, 3.8) is 0 Å². The van der Waals surface area contributed by atoms with Gasteiger partial charge >= 0.3 is 0 Å². The Labute approximate surface area is 177 Å². The number of carbonyl (C=O) groups excluding carboxylic acids is 1. The summed E-state index contributed by atoms with van der Waals surface area (Å²) >= 11 is 0. The van der Waals surface area contributed by atoms with E-state index in [1.54, 1.807) is 6.07 Å². The third kappa shape index (κ3) is 4.03. The van der Waals surface area contributed by atoms with Gasteiger partial charge in [-0.15, -0.1) is 0 Å². The quantitative estimate of drug-likeness (QED) is 0.561. The van der Waals surface area contributed by atoms with Gasteiger partial charge in [0.15, 0.2) is 0 Å². The number of nitrogens with zero attached hydrogens (tertiary/aromatic N) is 3. The largest absolute Gasteiger partial charge is 0.507 e. The number of alkyl halides is 1. The van der Waals surface area contributed by atoms with Crippen LogP contribution in [0.15, 0.2) is 48.9 Å². The number of phenols is 1. The Kier molecular flexibility index (Phi) is 5.50. The first-order chi connectivity index (χ1) is 14.9. The molecule has 9 heteroatoms. The third-order valence-electron chi connectivity index (χ3n) is 5.52. The van der Waals surface area contributed by atoms with Gasteiger partial charge < -0.3 is 15.7 Å². The molecule has 1 aliphatic rings. The Morgan fingerprint density at radius 2 is 1.97 bits per heavy atom. The number of benzene rings is 1. The topological polar surface area (TPSA) is 100 Å². The van der Waals surface area contributed by atoms with E-state index < -0.39 is 17.4 Å². The number of halogens is 2. The van der Waals surface area contributed by atoms with Crippen LogP contribution in [-0.2, 0) is 5.41 Å². The van der Waals surface area contributed by atoms with E-state index in [2.05, 4.69) is 25.6 Å². The lowest BCUT2D eigenvalue weighted by Gasteiger charge is -2.43. The summed E-state index contributed by atoms with van der Waals surface area (Å²) in [6, 6.07) is 7.32. The second-order valence-corrected chi connectivity index (χ2v) is 7.58. The summed E-state index contributed by atoms with van der Waals surface area (Å²) in [6.07, 6.45) is 3.85. The third-order valence-corrected chi connectivity index (χ3v) is 5.52. The molecule has 0 atom stereocenters. The predicted molar refractivity (Wildman–Crippen MR) is 111 cm³/mol. The molecule has 2 aromatic heterocycles. The number of amides is 1. The van der Waals surface area contributed by atoms with Crippen molar-refractivity contribution in [3.05, 3.63) is 66.0 Å². The van der Waals surface area contributed by atoms with E-state index in [1.807, 2.05) is 0 Å². The average molecular weight is 425 g/mol. The van der Waals surface area contributed by atoms with Gasteiger partial charge in [-0.2, -0.15) is 0 Å². The second-order valence-electron chi connectivity index (χ2n) is 7.58. The van der Waals surface area contributed by atoms with Crippen LogP contribution in [0.1, 0.15) is 28.9 Å². The van der Waals surface area contributed by atoms with Crippen LogP contribution in [0.2, 0.25) is 0 Å². The van der Waals surface area contributed by atoms with Crippen LogP contribution in [0.5, 0.6) is 5.75 Å². The normalized spacial score (nSPS) is 20.0. The number of hydrogen-bond acceptors (Lipinski definition) is 6. The Morgan fingerprint density at radius 3 is 2.61 bits per heavy atom. The maximum absolute atomic E-state index is 14.3. The molecule has 31 heavy (non-hydrogen) atoms. The van der Waals surface area contributed by atoms with Crippen molar-refractivity contribution in [1.82, 2.24) is 20.3 Å². The monoisotopic (exact) mass is 425 g/mol. The highest BCUT2D eigenvalue weighted by molar-refractivity contribution is 5.95. The van der Waals surface area contributed by atoms with Gasteiger partial charge in [-0.05, 0) is 43.2 Å². The Morgan fingerprint density at radius 1 is 1.23 bits per heavy atom. The number of nitrogens with one attached hydrogen (secondary N) is 2. The molecule has 1 aromatic carbocycles. The average Bonchev–Trinajstić information content (AvgIpc) is 2.76. The minimum absolute atomic E-state index is 0.00926. The fourth-order valence-corrected chi connectivity index (χ4v) is 3.85. The van der Waals surface area contributed by atoms with E-state index in [0.29, 0.717) is 16.7 Å². The maximum Gasteiger partial charge on any atom is 0.251 e. The highest BCUT2D eigenvalue weighted by atomic mass is 19.1. The number of hydrogen-bond donors (Lipinski definition) is 3. The SMILES string of the molecule is CNC(=O)c1ccc(O)c(-c2cnc(NC[C@]3(c4ncccc4F)C[C@H](F)C3)nc2)c1.